The normalized spacial score (nSPS) is 11.7. The lowest BCUT2D eigenvalue weighted by molar-refractivity contribution is -0.134. The van der Waals surface area contributed by atoms with Crippen molar-refractivity contribution in [1.82, 2.24) is 10.2 Å². The number of primary amides is 1. The summed E-state index contributed by atoms with van der Waals surface area (Å²) >= 11 is 0. The molecular weight excluding hydrogens is 262 g/mol. The number of nitrogens with one attached hydrogen (secondary N) is 1. The number of nitrogens with two attached hydrogens (primary N) is 1. The molecule has 1 unspecified atom stereocenters. The van der Waals surface area contributed by atoms with Crippen molar-refractivity contribution in [3.63, 3.8) is 0 Å². The standard InChI is InChI=1S/C13H19N3O4/c14-13(20)15-11(10-4-2-1-3-5-10)12(19)16(6-8-17)7-9-18/h1-5,11,17-18H,6-9H2,(H3,14,15,20). The van der Waals surface area contributed by atoms with Gasteiger partial charge >= 0.3 is 6.03 Å². The quantitative estimate of drug-likeness (QED) is 0.524. The van der Waals surface area contributed by atoms with Gasteiger partial charge in [0.05, 0.1) is 13.2 Å². The molecule has 20 heavy (non-hydrogen) atoms. The fourth-order valence-corrected chi connectivity index (χ4v) is 1.83. The van der Waals surface area contributed by atoms with Gasteiger partial charge in [-0.3, -0.25) is 4.79 Å². The average molecular weight is 281 g/mol. The summed E-state index contributed by atoms with van der Waals surface area (Å²) in [5.74, 6) is -0.432. The van der Waals surface area contributed by atoms with Gasteiger partial charge in [0, 0.05) is 13.1 Å². The largest absolute Gasteiger partial charge is 0.395 e. The van der Waals surface area contributed by atoms with Crippen molar-refractivity contribution in [2.45, 2.75) is 6.04 Å². The summed E-state index contributed by atoms with van der Waals surface area (Å²) in [6, 6.07) is 6.88. The molecule has 110 valence electrons. The molecule has 0 spiro atoms. The van der Waals surface area contributed by atoms with Gasteiger partial charge in [0.1, 0.15) is 6.04 Å². The fourth-order valence-electron chi connectivity index (χ4n) is 1.83. The smallest absolute Gasteiger partial charge is 0.313 e. The number of hydrogen-bond acceptors (Lipinski definition) is 4. The molecule has 5 N–H and O–H groups in total. The van der Waals surface area contributed by atoms with E-state index in [2.05, 4.69) is 5.32 Å². The van der Waals surface area contributed by atoms with Gasteiger partial charge in [-0.2, -0.15) is 0 Å². The first-order chi connectivity index (χ1) is 9.60. The van der Waals surface area contributed by atoms with Crippen molar-refractivity contribution in [3.05, 3.63) is 35.9 Å². The Balaban J connectivity index is 2.97. The van der Waals surface area contributed by atoms with E-state index in [9.17, 15) is 9.59 Å². The van der Waals surface area contributed by atoms with Crippen LogP contribution in [-0.4, -0.2) is 53.4 Å². The lowest BCUT2D eigenvalue weighted by atomic mass is 10.1. The van der Waals surface area contributed by atoms with Crippen molar-refractivity contribution < 1.29 is 19.8 Å². The van der Waals surface area contributed by atoms with Gasteiger partial charge in [0.2, 0.25) is 5.91 Å². The maximum atomic E-state index is 12.4. The van der Waals surface area contributed by atoms with Crippen molar-refractivity contribution in [2.75, 3.05) is 26.3 Å². The number of benzene rings is 1. The Morgan fingerprint density at radius 3 is 2.15 bits per heavy atom. The number of aliphatic hydroxyl groups excluding tert-OH is 2. The molecule has 0 aromatic heterocycles. The van der Waals surface area contributed by atoms with Crippen LogP contribution in [0.1, 0.15) is 11.6 Å². The first-order valence-corrected chi connectivity index (χ1v) is 6.21. The third-order valence-electron chi connectivity index (χ3n) is 2.72. The summed E-state index contributed by atoms with van der Waals surface area (Å²) in [6.07, 6.45) is 0. The molecule has 1 aromatic carbocycles. The molecular formula is C13H19N3O4. The number of carbonyl (C=O) groups is 2. The van der Waals surface area contributed by atoms with Crippen LogP contribution in [-0.2, 0) is 4.79 Å². The molecule has 0 radical (unpaired) electrons. The van der Waals surface area contributed by atoms with Crippen LogP contribution in [0.3, 0.4) is 0 Å². The van der Waals surface area contributed by atoms with E-state index in [-0.39, 0.29) is 26.3 Å². The minimum absolute atomic E-state index is 0.0726. The molecule has 0 saturated heterocycles. The highest BCUT2D eigenvalue weighted by Gasteiger charge is 2.26. The molecule has 0 aliphatic carbocycles. The lowest BCUT2D eigenvalue weighted by Gasteiger charge is -2.26. The zero-order valence-electron chi connectivity index (χ0n) is 11.0. The summed E-state index contributed by atoms with van der Waals surface area (Å²) < 4.78 is 0. The number of rotatable bonds is 7. The van der Waals surface area contributed by atoms with Crippen LogP contribution in [0.4, 0.5) is 4.79 Å². The van der Waals surface area contributed by atoms with E-state index >= 15 is 0 Å². The predicted molar refractivity (Wildman–Crippen MR) is 72.7 cm³/mol. The van der Waals surface area contributed by atoms with Gasteiger partial charge in [-0.15, -0.1) is 0 Å². The highest BCUT2D eigenvalue weighted by atomic mass is 16.3. The Morgan fingerprint density at radius 1 is 1.15 bits per heavy atom. The number of nitrogens with zero attached hydrogens (tertiary/aromatic N) is 1. The number of aliphatic hydroxyl groups is 2. The van der Waals surface area contributed by atoms with Gasteiger partial charge in [0.15, 0.2) is 0 Å². The molecule has 0 saturated carbocycles. The topological polar surface area (TPSA) is 116 Å². The van der Waals surface area contributed by atoms with Crippen LogP contribution < -0.4 is 11.1 Å². The monoisotopic (exact) mass is 281 g/mol. The molecule has 0 aliphatic heterocycles. The van der Waals surface area contributed by atoms with Crippen LogP contribution in [0, 0.1) is 0 Å². The molecule has 0 aliphatic rings. The molecule has 7 heteroatoms. The van der Waals surface area contributed by atoms with E-state index < -0.39 is 18.0 Å². The zero-order valence-corrected chi connectivity index (χ0v) is 11.0. The molecule has 7 nitrogen and oxygen atoms in total. The molecule has 3 amide bonds. The molecule has 1 aromatic rings. The highest BCUT2D eigenvalue weighted by molar-refractivity contribution is 5.87. The minimum Gasteiger partial charge on any atom is -0.395 e. The second-order valence-corrected chi connectivity index (χ2v) is 4.12. The Labute approximate surface area is 117 Å². The van der Waals surface area contributed by atoms with E-state index in [0.29, 0.717) is 5.56 Å². The number of carbonyl (C=O) groups excluding carboxylic acids is 2. The molecule has 0 bridgehead atoms. The molecule has 1 rings (SSSR count). The van der Waals surface area contributed by atoms with Gasteiger partial charge in [-0.25, -0.2) is 4.79 Å². The molecule has 0 heterocycles. The number of urea groups is 1. The SMILES string of the molecule is NC(=O)NC(C(=O)N(CCO)CCO)c1ccccc1. The predicted octanol–water partition coefficient (Wildman–Crippen LogP) is -0.791. The first kappa shape index (κ1) is 15.9. The highest BCUT2D eigenvalue weighted by Crippen LogP contribution is 2.15. The van der Waals surface area contributed by atoms with Crippen molar-refractivity contribution in [1.29, 1.82) is 0 Å². The Hall–Kier alpha value is -2.12. The molecule has 1 atom stereocenters. The van der Waals surface area contributed by atoms with E-state index in [1.54, 1.807) is 30.3 Å². The second kappa shape index (κ2) is 8.13. The van der Waals surface area contributed by atoms with E-state index in [4.69, 9.17) is 15.9 Å². The third kappa shape index (κ3) is 4.52. The van der Waals surface area contributed by atoms with Crippen molar-refractivity contribution in [2.24, 2.45) is 5.73 Å². The third-order valence-corrected chi connectivity index (χ3v) is 2.72. The van der Waals surface area contributed by atoms with Gasteiger partial charge in [-0.05, 0) is 5.56 Å². The maximum absolute atomic E-state index is 12.4. The summed E-state index contributed by atoms with van der Waals surface area (Å²) in [4.78, 5) is 24.7. The number of amides is 3. The maximum Gasteiger partial charge on any atom is 0.313 e. The van der Waals surface area contributed by atoms with Gasteiger partial charge < -0.3 is 26.2 Å². The Bertz CT molecular complexity index is 433. The first-order valence-electron chi connectivity index (χ1n) is 6.21. The summed E-state index contributed by atoms with van der Waals surface area (Å²) in [6.45, 7) is -0.319. The van der Waals surface area contributed by atoms with Crippen LogP contribution >= 0.6 is 0 Å². The summed E-state index contributed by atoms with van der Waals surface area (Å²) in [7, 11) is 0. The lowest BCUT2D eigenvalue weighted by Crippen LogP contribution is -2.46. The summed E-state index contributed by atoms with van der Waals surface area (Å²) in [5.41, 5.74) is 5.68. The van der Waals surface area contributed by atoms with Gasteiger partial charge in [-0.1, -0.05) is 30.3 Å². The average Bonchev–Trinajstić information content (AvgIpc) is 2.44. The van der Waals surface area contributed by atoms with E-state index in [0.717, 1.165) is 0 Å². The minimum atomic E-state index is -0.938. The van der Waals surface area contributed by atoms with E-state index in [1.807, 2.05) is 0 Å². The van der Waals surface area contributed by atoms with Gasteiger partial charge in [0.25, 0.3) is 0 Å². The second-order valence-electron chi connectivity index (χ2n) is 4.12. The summed E-state index contributed by atoms with van der Waals surface area (Å²) in [5, 5.41) is 20.3. The van der Waals surface area contributed by atoms with Crippen molar-refractivity contribution >= 4 is 11.9 Å². The van der Waals surface area contributed by atoms with E-state index in [1.165, 1.54) is 4.90 Å². The fraction of sp³-hybridized carbons (Fsp3) is 0.385. The van der Waals surface area contributed by atoms with Crippen molar-refractivity contribution in [3.8, 4) is 0 Å². The van der Waals surface area contributed by atoms with Crippen LogP contribution in [0.15, 0.2) is 30.3 Å². The Kier molecular flexibility index (Phi) is 6.48. The van der Waals surface area contributed by atoms with Crippen LogP contribution in [0.25, 0.3) is 0 Å². The zero-order chi connectivity index (χ0) is 15.0. The van der Waals surface area contributed by atoms with Crippen LogP contribution in [0.5, 0.6) is 0 Å². The Morgan fingerprint density at radius 2 is 1.70 bits per heavy atom. The van der Waals surface area contributed by atoms with Crippen LogP contribution in [0.2, 0.25) is 0 Å². The molecule has 0 fully saturated rings. The number of hydrogen-bond donors (Lipinski definition) is 4.